The maximum atomic E-state index is 14.2. The SMILES string of the molecule is COc1cccc([C@H]2c3[nH]c4ccccc4c3C[C@H]3C(=O)N(c4ccccc4C(=O)N[C@@H](C(=O)O)[C@H](C)O)C(=O)N23)c1. The van der Waals surface area contributed by atoms with Gasteiger partial charge in [-0.2, -0.15) is 0 Å². The summed E-state index contributed by atoms with van der Waals surface area (Å²) in [6.45, 7) is 1.24. The Balaban J connectivity index is 1.45. The van der Waals surface area contributed by atoms with Gasteiger partial charge in [-0.15, -0.1) is 0 Å². The molecular formula is C31H28N4O7. The highest BCUT2D eigenvalue weighted by Gasteiger charge is 2.53. The molecule has 4 amide bonds. The van der Waals surface area contributed by atoms with Crippen molar-refractivity contribution in [1.29, 1.82) is 0 Å². The number of fused-ring (bicyclic) bond motifs is 4. The molecule has 4 N–H and O–H groups in total. The lowest BCUT2D eigenvalue weighted by Crippen LogP contribution is -2.48. The Kier molecular flexibility index (Phi) is 6.66. The van der Waals surface area contributed by atoms with Crippen molar-refractivity contribution in [2.75, 3.05) is 12.0 Å². The summed E-state index contributed by atoms with van der Waals surface area (Å²) in [6.07, 6.45) is -1.12. The molecule has 0 saturated carbocycles. The van der Waals surface area contributed by atoms with Crippen LogP contribution in [0.2, 0.25) is 0 Å². The van der Waals surface area contributed by atoms with Gasteiger partial charge >= 0.3 is 12.0 Å². The number of aliphatic hydroxyl groups excluding tert-OH is 1. The average Bonchev–Trinajstić information content (AvgIpc) is 3.48. The number of benzene rings is 3. The number of carbonyl (C=O) groups excluding carboxylic acids is 3. The zero-order valence-corrected chi connectivity index (χ0v) is 22.8. The van der Waals surface area contributed by atoms with Crippen LogP contribution in [-0.2, 0) is 16.0 Å². The normalized spacial score (nSPS) is 19.3. The standard InChI is InChI=1S/C31H28N4O7/c1-16(36)25(30(39)40)33-28(37)20-11-4-6-13-23(20)35-29(38)24-15-21-19-10-3-5-12-22(19)32-26(21)27(34(24)31(35)41)17-8-7-9-18(14-17)42-2/h3-14,16,24-25,27,32,36H,15H2,1-2H3,(H,33,37)(H,39,40)/t16-,24-,25+,27-/m0/s1. The fourth-order valence-electron chi connectivity index (χ4n) is 5.92. The van der Waals surface area contributed by atoms with E-state index in [-0.39, 0.29) is 17.7 Å². The number of imide groups is 1. The number of methoxy groups -OCH3 is 1. The highest BCUT2D eigenvalue weighted by molar-refractivity contribution is 6.24. The zero-order valence-electron chi connectivity index (χ0n) is 22.8. The van der Waals surface area contributed by atoms with Gasteiger partial charge in [-0.3, -0.25) is 14.5 Å². The summed E-state index contributed by atoms with van der Waals surface area (Å²) < 4.78 is 5.45. The van der Waals surface area contributed by atoms with Crippen molar-refractivity contribution < 1.29 is 34.1 Å². The lowest BCUT2D eigenvalue weighted by Gasteiger charge is -2.36. The van der Waals surface area contributed by atoms with Gasteiger partial charge in [-0.25, -0.2) is 14.5 Å². The van der Waals surface area contributed by atoms with Gasteiger partial charge in [-0.05, 0) is 48.4 Å². The summed E-state index contributed by atoms with van der Waals surface area (Å²) in [4.78, 5) is 59.2. The molecule has 1 aromatic heterocycles. The minimum Gasteiger partial charge on any atom is -0.497 e. The van der Waals surface area contributed by atoms with Gasteiger partial charge in [0, 0.05) is 23.0 Å². The third-order valence-corrected chi connectivity index (χ3v) is 7.88. The molecule has 1 fully saturated rings. The molecule has 2 aliphatic rings. The molecule has 4 aromatic rings. The van der Waals surface area contributed by atoms with E-state index in [0.717, 1.165) is 32.6 Å². The molecule has 0 radical (unpaired) electrons. The lowest BCUT2D eigenvalue weighted by molar-refractivity contribution is -0.141. The third-order valence-electron chi connectivity index (χ3n) is 7.88. The minimum absolute atomic E-state index is 0.0204. The van der Waals surface area contributed by atoms with E-state index in [1.807, 2.05) is 42.5 Å². The molecule has 0 aliphatic carbocycles. The summed E-state index contributed by atoms with van der Waals surface area (Å²) in [5.74, 6) is -2.18. The number of hydrogen-bond donors (Lipinski definition) is 4. The van der Waals surface area contributed by atoms with Crippen LogP contribution in [0.4, 0.5) is 10.5 Å². The average molecular weight is 569 g/mol. The summed E-state index contributed by atoms with van der Waals surface area (Å²) in [5, 5.41) is 22.6. The maximum absolute atomic E-state index is 14.2. The Hall–Kier alpha value is -5.16. The van der Waals surface area contributed by atoms with Gasteiger partial charge in [-0.1, -0.05) is 42.5 Å². The van der Waals surface area contributed by atoms with E-state index in [1.165, 1.54) is 24.0 Å². The summed E-state index contributed by atoms with van der Waals surface area (Å²) in [5.41, 5.74) is 3.29. The van der Waals surface area contributed by atoms with Crippen molar-refractivity contribution in [3.8, 4) is 5.75 Å². The van der Waals surface area contributed by atoms with E-state index in [1.54, 1.807) is 25.3 Å². The van der Waals surface area contributed by atoms with Gasteiger partial charge in [0.25, 0.3) is 11.8 Å². The quantitative estimate of drug-likeness (QED) is 0.250. The monoisotopic (exact) mass is 568 g/mol. The Morgan fingerprint density at radius 1 is 1.05 bits per heavy atom. The summed E-state index contributed by atoms with van der Waals surface area (Å²) in [6, 6.07) is 17.4. The smallest absolute Gasteiger partial charge is 0.332 e. The Morgan fingerprint density at radius 3 is 2.52 bits per heavy atom. The number of aromatic nitrogens is 1. The molecule has 11 heteroatoms. The first-order chi connectivity index (χ1) is 20.2. The number of para-hydroxylation sites is 2. The number of carboxylic acid groups (broad SMARTS) is 1. The number of aromatic amines is 1. The number of aliphatic hydroxyl groups is 1. The molecule has 42 heavy (non-hydrogen) atoms. The number of H-pyrrole nitrogens is 1. The molecule has 0 bridgehead atoms. The number of nitrogens with zero attached hydrogens (tertiary/aromatic N) is 2. The van der Waals surface area contributed by atoms with Crippen LogP contribution < -0.4 is 15.0 Å². The van der Waals surface area contributed by atoms with Crippen LogP contribution in [0.25, 0.3) is 10.9 Å². The van der Waals surface area contributed by atoms with E-state index < -0.39 is 48.0 Å². The van der Waals surface area contributed by atoms with E-state index in [0.29, 0.717) is 5.75 Å². The maximum Gasteiger partial charge on any atom is 0.332 e. The molecule has 0 unspecified atom stereocenters. The number of hydrogen-bond acceptors (Lipinski definition) is 6. The fourth-order valence-corrected chi connectivity index (χ4v) is 5.92. The van der Waals surface area contributed by atoms with E-state index in [2.05, 4.69) is 10.3 Å². The van der Waals surface area contributed by atoms with Crippen LogP contribution >= 0.6 is 0 Å². The lowest BCUT2D eigenvalue weighted by atomic mass is 9.89. The van der Waals surface area contributed by atoms with Crippen LogP contribution in [0.1, 0.15) is 40.1 Å². The molecule has 11 nitrogen and oxygen atoms in total. The Bertz CT molecular complexity index is 1750. The van der Waals surface area contributed by atoms with E-state index >= 15 is 0 Å². The van der Waals surface area contributed by atoms with E-state index in [4.69, 9.17) is 4.74 Å². The molecule has 1 saturated heterocycles. The number of anilines is 1. The van der Waals surface area contributed by atoms with Crippen molar-refractivity contribution >= 4 is 40.4 Å². The zero-order chi connectivity index (χ0) is 29.7. The number of nitrogens with one attached hydrogen (secondary N) is 2. The van der Waals surface area contributed by atoms with Crippen molar-refractivity contribution in [1.82, 2.24) is 15.2 Å². The molecule has 3 aromatic carbocycles. The molecular weight excluding hydrogens is 540 g/mol. The number of aliphatic carboxylic acids is 1. The number of ether oxygens (including phenoxy) is 1. The second-order valence-corrected chi connectivity index (χ2v) is 10.4. The van der Waals surface area contributed by atoms with Crippen LogP contribution in [-0.4, -0.2) is 69.2 Å². The van der Waals surface area contributed by atoms with Crippen LogP contribution in [0.15, 0.2) is 72.8 Å². The second-order valence-electron chi connectivity index (χ2n) is 10.4. The first-order valence-electron chi connectivity index (χ1n) is 13.4. The summed E-state index contributed by atoms with van der Waals surface area (Å²) in [7, 11) is 1.55. The van der Waals surface area contributed by atoms with Crippen molar-refractivity contribution in [3.63, 3.8) is 0 Å². The molecule has 3 heterocycles. The van der Waals surface area contributed by atoms with Crippen LogP contribution in [0, 0.1) is 0 Å². The predicted octanol–water partition coefficient (Wildman–Crippen LogP) is 3.22. The molecule has 214 valence electrons. The molecule has 2 aliphatic heterocycles. The fraction of sp³-hybridized carbons (Fsp3) is 0.226. The topological polar surface area (TPSA) is 152 Å². The highest BCUT2D eigenvalue weighted by atomic mass is 16.5. The second kappa shape index (κ2) is 10.3. The van der Waals surface area contributed by atoms with Gasteiger partial charge in [0.2, 0.25) is 0 Å². The van der Waals surface area contributed by atoms with E-state index in [9.17, 15) is 29.4 Å². The van der Waals surface area contributed by atoms with Gasteiger partial charge in [0.05, 0.1) is 24.5 Å². The third kappa shape index (κ3) is 4.25. The Morgan fingerprint density at radius 2 is 1.79 bits per heavy atom. The first kappa shape index (κ1) is 27.0. The number of amides is 4. The Labute approximate surface area is 240 Å². The van der Waals surface area contributed by atoms with Crippen LogP contribution in [0.3, 0.4) is 0 Å². The van der Waals surface area contributed by atoms with Crippen molar-refractivity contribution in [2.45, 2.75) is 37.6 Å². The highest BCUT2D eigenvalue weighted by Crippen LogP contribution is 2.45. The number of carboxylic acids is 1. The number of rotatable bonds is 7. The summed E-state index contributed by atoms with van der Waals surface area (Å²) >= 11 is 0. The van der Waals surface area contributed by atoms with Crippen molar-refractivity contribution in [2.24, 2.45) is 0 Å². The minimum atomic E-state index is -1.59. The first-order valence-corrected chi connectivity index (χ1v) is 13.4. The molecule has 4 atom stereocenters. The molecule has 0 spiro atoms. The number of carbonyl (C=O) groups is 4. The van der Waals surface area contributed by atoms with Gasteiger partial charge in [0.15, 0.2) is 6.04 Å². The van der Waals surface area contributed by atoms with Gasteiger partial charge < -0.3 is 25.3 Å². The largest absolute Gasteiger partial charge is 0.497 e. The number of urea groups is 1. The molecule has 6 rings (SSSR count). The van der Waals surface area contributed by atoms with Crippen molar-refractivity contribution in [3.05, 3.63) is 95.2 Å². The van der Waals surface area contributed by atoms with Crippen LogP contribution in [0.5, 0.6) is 5.75 Å². The van der Waals surface area contributed by atoms with Gasteiger partial charge in [0.1, 0.15) is 17.8 Å². The predicted molar refractivity (Wildman–Crippen MR) is 152 cm³/mol.